The lowest BCUT2D eigenvalue weighted by Gasteiger charge is -2.74. The molecule has 0 aromatic rings. The summed E-state index contributed by atoms with van der Waals surface area (Å²) in [5, 5.41) is 0. The molecule has 2 saturated heterocycles. The zero-order valence-electron chi connectivity index (χ0n) is 19.0. The minimum Gasteiger partial charge on any atom is -0.469 e. The Morgan fingerprint density at radius 2 is 1.83 bits per heavy atom. The number of hydrogen-bond donors (Lipinski definition) is 0. The predicted octanol–water partition coefficient (Wildman–Crippen LogP) is 6.50. The van der Waals surface area contributed by atoms with Gasteiger partial charge in [0, 0.05) is 16.7 Å². The molecule has 4 aliphatic carbocycles. The van der Waals surface area contributed by atoms with Crippen molar-refractivity contribution in [2.75, 3.05) is 7.11 Å². The van der Waals surface area contributed by atoms with Crippen LogP contribution in [0.4, 0.5) is 0 Å². The second-order valence-corrected chi connectivity index (χ2v) is 13.6. The fourth-order valence-corrected chi connectivity index (χ4v) is 12.0. The summed E-state index contributed by atoms with van der Waals surface area (Å²) in [6.45, 7) is 7.49. The van der Waals surface area contributed by atoms with E-state index in [1.807, 2.05) is 0 Å². The standard InChI is InChI=1S/C25H38Br2O3/c1-14(5-10-20(28)29-4)17-8-9-18-19-7-6-15-13-16-11-12-23(15,2)25(19,30-16)22(27)21(26)24(17,18)3/h14-19,21-22H,5-13H2,1-4H3/t14-,15+,16+,17+,18+,19+,21+,22+,23-,24-,25-/m1/s1. The lowest BCUT2D eigenvalue weighted by molar-refractivity contribution is -0.325. The highest BCUT2D eigenvalue weighted by Gasteiger charge is 2.76. The molecule has 0 N–H and O–H groups in total. The summed E-state index contributed by atoms with van der Waals surface area (Å²) in [5.41, 5.74) is 0.531. The average Bonchev–Trinajstić information content (AvgIpc) is 3.08. The molecule has 170 valence electrons. The van der Waals surface area contributed by atoms with Gasteiger partial charge in [-0.25, -0.2) is 0 Å². The summed E-state index contributed by atoms with van der Waals surface area (Å²) >= 11 is 8.57. The van der Waals surface area contributed by atoms with Crippen molar-refractivity contribution in [2.45, 2.75) is 99.9 Å². The lowest BCUT2D eigenvalue weighted by Crippen LogP contribution is -2.77. The monoisotopic (exact) mass is 544 g/mol. The van der Waals surface area contributed by atoms with Crippen molar-refractivity contribution in [3.05, 3.63) is 0 Å². The Kier molecular flexibility index (Phi) is 5.51. The van der Waals surface area contributed by atoms with Gasteiger partial charge in [0.25, 0.3) is 0 Å². The molecule has 0 aromatic carbocycles. The molecule has 2 aliphatic heterocycles. The molecule has 0 amide bonds. The number of carbonyl (C=O) groups excluding carboxylic acids is 1. The fraction of sp³-hybridized carbons (Fsp3) is 0.960. The largest absolute Gasteiger partial charge is 0.469 e. The van der Waals surface area contributed by atoms with Crippen LogP contribution in [0.15, 0.2) is 0 Å². The van der Waals surface area contributed by atoms with Crippen molar-refractivity contribution < 1.29 is 14.3 Å². The molecule has 6 fully saturated rings. The first-order chi connectivity index (χ1) is 14.2. The number of hydrogen-bond acceptors (Lipinski definition) is 3. The molecule has 0 radical (unpaired) electrons. The number of ether oxygens (including phenoxy) is 2. The van der Waals surface area contributed by atoms with Crippen LogP contribution in [-0.2, 0) is 14.3 Å². The first-order valence-corrected chi connectivity index (χ1v) is 14.1. The van der Waals surface area contributed by atoms with Crippen LogP contribution >= 0.6 is 31.9 Å². The van der Waals surface area contributed by atoms with Crippen molar-refractivity contribution >= 4 is 37.8 Å². The van der Waals surface area contributed by atoms with E-state index in [1.165, 1.54) is 52.1 Å². The van der Waals surface area contributed by atoms with Crippen LogP contribution in [0.2, 0.25) is 0 Å². The molecule has 30 heavy (non-hydrogen) atoms. The molecule has 0 aromatic heterocycles. The number of rotatable bonds is 4. The SMILES string of the molecule is COC(=O)CC[C@@H](C)[C@@H]1CC[C@H]2[C@@H]3CC[C@H]4C[C@@H]5CC[C@@]4(C)[C@]3(O5)[C@@H](Br)[C@H](Br)[C@]12C. The predicted molar refractivity (Wildman–Crippen MR) is 126 cm³/mol. The van der Waals surface area contributed by atoms with Crippen LogP contribution in [0.1, 0.15) is 78.6 Å². The molecule has 6 rings (SSSR count). The zero-order valence-corrected chi connectivity index (χ0v) is 22.1. The number of halogens is 2. The molecule has 3 nitrogen and oxygen atoms in total. The maximum absolute atomic E-state index is 11.8. The number of fused-ring (bicyclic) bond motifs is 3. The number of alkyl halides is 2. The Balaban J connectivity index is 1.48. The highest BCUT2D eigenvalue weighted by molar-refractivity contribution is 9.12. The lowest BCUT2D eigenvalue weighted by atomic mass is 9.40. The number of esters is 1. The van der Waals surface area contributed by atoms with Gasteiger partial charge in [-0.2, -0.15) is 0 Å². The van der Waals surface area contributed by atoms with Crippen molar-refractivity contribution in [3.63, 3.8) is 0 Å². The Hall–Kier alpha value is 0.390. The summed E-state index contributed by atoms with van der Waals surface area (Å²) in [5.74, 6) is 3.29. The Morgan fingerprint density at radius 1 is 1.10 bits per heavy atom. The highest BCUT2D eigenvalue weighted by Crippen LogP contribution is 2.75. The summed E-state index contributed by atoms with van der Waals surface area (Å²) in [7, 11) is 1.50. The minimum atomic E-state index is -0.0733. The molecule has 4 bridgehead atoms. The molecule has 11 atom stereocenters. The van der Waals surface area contributed by atoms with E-state index >= 15 is 0 Å². The van der Waals surface area contributed by atoms with E-state index in [2.05, 4.69) is 52.6 Å². The minimum absolute atomic E-state index is 0.0143. The third-order valence-corrected chi connectivity index (χ3v) is 14.4. The second-order valence-electron chi connectivity index (χ2n) is 11.7. The van der Waals surface area contributed by atoms with E-state index in [-0.39, 0.29) is 17.0 Å². The van der Waals surface area contributed by atoms with Crippen LogP contribution in [-0.4, -0.2) is 34.4 Å². The van der Waals surface area contributed by atoms with E-state index in [1.54, 1.807) is 0 Å². The van der Waals surface area contributed by atoms with E-state index in [4.69, 9.17) is 9.47 Å². The van der Waals surface area contributed by atoms with Crippen LogP contribution in [0.5, 0.6) is 0 Å². The molecular weight excluding hydrogens is 508 g/mol. The van der Waals surface area contributed by atoms with Gasteiger partial charge >= 0.3 is 5.97 Å². The van der Waals surface area contributed by atoms with Crippen molar-refractivity contribution in [1.82, 2.24) is 0 Å². The van der Waals surface area contributed by atoms with E-state index in [0.29, 0.717) is 51.3 Å². The zero-order chi connectivity index (χ0) is 21.5. The summed E-state index contributed by atoms with van der Waals surface area (Å²) in [6.07, 6.45) is 11.1. The van der Waals surface area contributed by atoms with Gasteiger partial charge in [0.05, 0.1) is 23.6 Å². The van der Waals surface area contributed by atoms with Gasteiger partial charge in [-0.15, -0.1) is 0 Å². The van der Waals surface area contributed by atoms with Gasteiger partial charge in [0.15, 0.2) is 0 Å². The highest BCUT2D eigenvalue weighted by atomic mass is 79.9. The summed E-state index contributed by atoms with van der Waals surface area (Å²) < 4.78 is 12.1. The first-order valence-electron chi connectivity index (χ1n) is 12.2. The molecule has 0 unspecified atom stereocenters. The molecule has 1 spiro atoms. The molecule has 4 saturated carbocycles. The van der Waals surface area contributed by atoms with Crippen molar-refractivity contribution in [2.24, 2.45) is 40.4 Å². The maximum Gasteiger partial charge on any atom is 0.305 e. The Labute approximate surface area is 199 Å². The summed E-state index contributed by atoms with van der Waals surface area (Å²) in [6, 6.07) is 0. The van der Waals surface area contributed by atoms with Crippen LogP contribution in [0, 0.1) is 40.4 Å². The van der Waals surface area contributed by atoms with Gasteiger partial charge in [-0.3, -0.25) is 4.79 Å². The van der Waals surface area contributed by atoms with E-state index in [9.17, 15) is 4.79 Å². The van der Waals surface area contributed by atoms with E-state index < -0.39 is 0 Å². The molecule has 5 heteroatoms. The third kappa shape index (κ3) is 2.67. The van der Waals surface area contributed by atoms with Crippen LogP contribution in [0.25, 0.3) is 0 Å². The van der Waals surface area contributed by atoms with Crippen LogP contribution < -0.4 is 0 Å². The van der Waals surface area contributed by atoms with Crippen molar-refractivity contribution in [1.29, 1.82) is 0 Å². The third-order valence-electron chi connectivity index (χ3n) is 10.9. The Bertz CT molecular complexity index is 715. The van der Waals surface area contributed by atoms with Crippen LogP contribution in [0.3, 0.4) is 0 Å². The van der Waals surface area contributed by atoms with Gasteiger partial charge < -0.3 is 9.47 Å². The van der Waals surface area contributed by atoms with Gasteiger partial charge in [-0.1, -0.05) is 52.6 Å². The first kappa shape index (κ1) is 22.2. The molecular formula is C25H38Br2O3. The van der Waals surface area contributed by atoms with Gasteiger partial charge in [-0.05, 0) is 86.4 Å². The number of carbonyl (C=O) groups is 1. The number of methoxy groups -OCH3 is 1. The molecule has 2 heterocycles. The normalized spacial score (nSPS) is 54.9. The fourth-order valence-electron chi connectivity index (χ4n) is 9.40. The smallest absolute Gasteiger partial charge is 0.305 e. The topological polar surface area (TPSA) is 35.5 Å². The second kappa shape index (κ2) is 7.45. The summed E-state index contributed by atoms with van der Waals surface area (Å²) in [4.78, 5) is 12.5. The van der Waals surface area contributed by atoms with Gasteiger partial charge in [0.2, 0.25) is 0 Å². The van der Waals surface area contributed by atoms with Crippen molar-refractivity contribution in [3.8, 4) is 0 Å². The Morgan fingerprint density at radius 3 is 2.57 bits per heavy atom. The van der Waals surface area contributed by atoms with Gasteiger partial charge in [0.1, 0.15) is 0 Å². The quantitative estimate of drug-likeness (QED) is 0.298. The van der Waals surface area contributed by atoms with E-state index in [0.717, 1.165) is 12.3 Å². The maximum atomic E-state index is 11.8. The molecule has 6 aliphatic rings. The average molecular weight is 546 g/mol.